The van der Waals surface area contributed by atoms with Gasteiger partial charge in [0.1, 0.15) is 19.3 Å². The number of carbonyl (C=O) groups is 7. The molecule has 0 fully saturated rings. The number of esters is 1. The fourth-order valence-electron chi connectivity index (χ4n) is 1.06. The van der Waals surface area contributed by atoms with Crippen LogP contribution in [-0.4, -0.2) is 120 Å². The predicted molar refractivity (Wildman–Crippen MR) is 145 cm³/mol. The molecule has 0 radical (unpaired) electrons. The Bertz CT molecular complexity index is 830. The molecule has 0 amide bonds. The lowest BCUT2D eigenvalue weighted by molar-refractivity contribution is -0.143. The third kappa shape index (κ3) is 54.1. The Morgan fingerprint density at radius 3 is 1.19 bits per heavy atom. The minimum absolute atomic E-state index is 0.0662. The highest BCUT2D eigenvalue weighted by molar-refractivity contribution is 5.87. The van der Waals surface area contributed by atoms with Gasteiger partial charge in [-0.3, -0.25) is 19.2 Å². The maximum absolute atomic E-state index is 11.1. The van der Waals surface area contributed by atoms with Gasteiger partial charge >= 0.3 is 41.8 Å². The molecule has 248 valence electrons. The van der Waals surface area contributed by atoms with Crippen molar-refractivity contribution in [2.45, 2.75) is 52.6 Å². The number of rotatable bonds is 15. The first-order valence-electron chi connectivity index (χ1n) is 11.7. The Kier molecular flexibility index (Phi) is 35.4. The Hall–Kier alpha value is -4.81. The summed E-state index contributed by atoms with van der Waals surface area (Å²) in [5.41, 5.74) is 0.568. The molecule has 0 aliphatic rings. The van der Waals surface area contributed by atoms with Gasteiger partial charge in [0.2, 0.25) is 0 Å². The lowest BCUT2D eigenvalue weighted by Crippen LogP contribution is -2.18. The summed E-state index contributed by atoms with van der Waals surface area (Å²) < 4.78 is 9.40. The summed E-state index contributed by atoms with van der Waals surface area (Å²) in [6.07, 6.45) is -1.02. The van der Waals surface area contributed by atoms with Gasteiger partial charge in [0.25, 0.3) is 0 Å². The van der Waals surface area contributed by atoms with Crippen LogP contribution in [0.1, 0.15) is 46.5 Å². The maximum atomic E-state index is 11.1. The first-order valence-corrected chi connectivity index (χ1v) is 11.7. The van der Waals surface area contributed by atoms with Crippen molar-refractivity contribution < 1.29 is 89.0 Å². The number of carboxylic acids is 6. The average Bonchev–Trinajstić information content (AvgIpc) is 2.90. The SMILES string of the molecule is C=C(C)C(=O)O.C=C(C)C(=O)O.CC(=COCC(O)CO)C(=O)OCCO.O=C(O)CCC(=O)O.O=C(O)CCC(=O)O. The van der Waals surface area contributed by atoms with Crippen LogP contribution < -0.4 is 0 Å². The third-order valence-electron chi connectivity index (χ3n) is 3.24. The van der Waals surface area contributed by atoms with Crippen molar-refractivity contribution in [2.75, 3.05) is 26.4 Å². The molecule has 0 spiro atoms. The van der Waals surface area contributed by atoms with Crippen molar-refractivity contribution in [3.63, 3.8) is 0 Å². The molecule has 0 bridgehead atoms. The minimum Gasteiger partial charge on any atom is -0.498 e. The van der Waals surface area contributed by atoms with Crippen LogP contribution in [0.25, 0.3) is 0 Å². The number of hydrogen-bond donors (Lipinski definition) is 9. The van der Waals surface area contributed by atoms with E-state index in [2.05, 4.69) is 17.9 Å². The molecule has 0 rings (SSSR count). The van der Waals surface area contributed by atoms with Crippen LogP contribution in [-0.2, 0) is 43.0 Å². The fourth-order valence-corrected chi connectivity index (χ4v) is 1.06. The first-order chi connectivity index (χ1) is 19.6. The molecule has 1 unspecified atom stereocenters. The lowest BCUT2D eigenvalue weighted by atomic mass is 10.3. The van der Waals surface area contributed by atoms with Crippen LogP contribution in [0.15, 0.2) is 36.1 Å². The molecule has 18 heteroatoms. The number of ether oxygens (including phenoxy) is 2. The van der Waals surface area contributed by atoms with E-state index in [1.807, 2.05) is 0 Å². The molecule has 0 aromatic carbocycles. The summed E-state index contributed by atoms with van der Waals surface area (Å²) >= 11 is 0. The van der Waals surface area contributed by atoms with Gasteiger partial charge in [0.15, 0.2) is 0 Å². The first kappa shape index (κ1) is 47.9. The molecular formula is C25H40O18. The van der Waals surface area contributed by atoms with Gasteiger partial charge in [-0.1, -0.05) is 13.2 Å². The molecule has 0 aliphatic carbocycles. The number of aliphatic hydroxyl groups excluding tert-OH is 3. The van der Waals surface area contributed by atoms with Gasteiger partial charge in [0, 0.05) is 11.1 Å². The second kappa shape index (κ2) is 31.7. The standard InChI is InChI=1S/C9H16O6.2C4H6O4.2C4H6O2/c1-7(9(13)15-3-2-10)5-14-6-8(12)4-11;2*5-3(6)1-2-4(7)8;2*1-3(2)4(5)6/h5,8,10-12H,2-4,6H2,1H3;2*1-2H2,(H,5,6)(H,7,8);2*1H2,2H3,(H,5,6). The zero-order chi connectivity index (χ0) is 35.1. The maximum Gasteiger partial charge on any atom is 0.336 e. The summed E-state index contributed by atoms with van der Waals surface area (Å²) in [6, 6.07) is 0. The molecule has 0 saturated carbocycles. The van der Waals surface area contributed by atoms with Crippen LogP contribution in [0.5, 0.6) is 0 Å². The number of hydrogen-bond acceptors (Lipinski definition) is 12. The van der Waals surface area contributed by atoms with E-state index in [0.717, 1.165) is 6.26 Å². The number of carboxylic acid groups (broad SMARTS) is 6. The van der Waals surface area contributed by atoms with E-state index in [9.17, 15) is 33.6 Å². The predicted octanol–water partition coefficient (Wildman–Crippen LogP) is -0.0387. The largest absolute Gasteiger partial charge is 0.498 e. The van der Waals surface area contributed by atoms with E-state index in [-0.39, 0.29) is 62.2 Å². The van der Waals surface area contributed by atoms with Crippen molar-refractivity contribution >= 4 is 41.8 Å². The van der Waals surface area contributed by atoms with Crippen molar-refractivity contribution in [1.29, 1.82) is 0 Å². The Labute approximate surface area is 246 Å². The summed E-state index contributed by atoms with van der Waals surface area (Å²) in [7, 11) is 0. The monoisotopic (exact) mass is 628 g/mol. The highest BCUT2D eigenvalue weighted by atomic mass is 16.5. The van der Waals surface area contributed by atoms with E-state index >= 15 is 0 Å². The normalized spacial score (nSPS) is 9.95. The molecule has 0 aromatic heterocycles. The molecule has 0 aliphatic heterocycles. The van der Waals surface area contributed by atoms with Gasteiger partial charge in [-0.15, -0.1) is 0 Å². The quantitative estimate of drug-likeness (QED) is 0.0652. The molecule has 18 nitrogen and oxygen atoms in total. The highest BCUT2D eigenvalue weighted by Crippen LogP contribution is 1.98. The number of aliphatic hydroxyl groups is 3. The van der Waals surface area contributed by atoms with Crippen molar-refractivity contribution in [2.24, 2.45) is 0 Å². The van der Waals surface area contributed by atoms with Crippen LogP contribution in [0.2, 0.25) is 0 Å². The second-order valence-electron chi connectivity index (χ2n) is 7.58. The van der Waals surface area contributed by atoms with Gasteiger partial charge in [-0.05, 0) is 20.8 Å². The number of aliphatic carboxylic acids is 6. The van der Waals surface area contributed by atoms with E-state index in [1.165, 1.54) is 20.8 Å². The van der Waals surface area contributed by atoms with E-state index in [4.69, 9.17) is 50.7 Å². The van der Waals surface area contributed by atoms with Crippen molar-refractivity contribution in [1.82, 2.24) is 0 Å². The minimum atomic E-state index is -1.08. The van der Waals surface area contributed by atoms with Crippen LogP contribution >= 0.6 is 0 Å². The molecule has 0 saturated heterocycles. The Morgan fingerprint density at radius 2 is 0.977 bits per heavy atom. The third-order valence-corrected chi connectivity index (χ3v) is 3.24. The second-order valence-corrected chi connectivity index (χ2v) is 7.58. The van der Waals surface area contributed by atoms with E-state index in [1.54, 1.807) is 0 Å². The zero-order valence-electron chi connectivity index (χ0n) is 23.9. The summed E-state index contributed by atoms with van der Waals surface area (Å²) in [5.74, 6) is -6.77. The van der Waals surface area contributed by atoms with E-state index in [0.29, 0.717) is 0 Å². The Balaban J connectivity index is -0.000000148. The zero-order valence-corrected chi connectivity index (χ0v) is 23.9. The van der Waals surface area contributed by atoms with Crippen LogP contribution in [0, 0.1) is 0 Å². The molecule has 0 heterocycles. The summed E-state index contributed by atoms with van der Waals surface area (Å²) in [5, 5.41) is 73.1. The van der Waals surface area contributed by atoms with Gasteiger partial charge < -0.3 is 55.4 Å². The summed E-state index contributed by atoms with van der Waals surface area (Å²) in [4.78, 5) is 68.8. The highest BCUT2D eigenvalue weighted by Gasteiger charge is 2.06. The van der Waals surface area contributed by atoms with Crippen LogP contribution in [0.4, 0.5) is 0 Å². The van der Waals surface area contributed by atoms with Crippen LogP contribution in [0.3, 0.4) is 0 Å². The van der Waals surface area contributed by atoms with Gasteiger partial charge in [-0.2, -0.15) is 0 Å². The number of carbonyl (C=O) groups excluding carboxylic acids is 1. The lowest BCUT2D eigenvalue weighted by Gasteiger charge is -2.07. The smallest absolute Gasteiger partial charge is 0.336 e. The average molecular weight is 629 g/mol. The molecular weight excluding hydrogens is 588 g/mol. The molecule has 1 atom stereocenters. The topological polar surface area (TPSA) is 320 Å². The fraction of sp³-hybridized carbons (Fsp3) is 0.480. The van der Waals surface area contributed by atoms with Gasteiger partial charge in [-0.25, -0.2) is 14.4 Å². The van der Waals surface area contributed by atoms with Crippen molar-refractivity contribution in [3.8, 4) is 0 Å². The van der Waals surface area contributed by atoms with E-state index < -0.39 is 54.5 Å². The van der Waals surface area contributed by atoms with Crippen molar-refractivity contribution in [3.05, 3.63) is 36.1 Å². The summed E-state index contributed by atoms with van der Waals surface area (Å²) in [6.45, 7) is 9.88. The molecule has 9 N–H and O–H groups in total. The Morgan fingerprint density at radius 1 is 0.674 bits per heavy atom. The molecule has 43 heavy (non-hydrogen) atoms. The molecule has 0 aromatic rings. The van der Waals surface area contributed by atoms with Gasteiger partial charge in [0.05, 0.1) is 50.7 Å².